The number of halogens is 2. The highest BCUT2D eigenvalue weighted by atomic mass is 19.2. The number of hydrogen-bond donors (Lipinski definition) is 2. The van der Waals surface area contributed by atoms with Gasteiger partial charge in [0.1, 0.15) is 0 Å². The van der Waals surface area contributed by atoms with Crippen molar-refractivity contribution >= 4 is 5.69 Å². The van der Waals surface area contributed by atoms with E-state index in [2.05, 4.69) is 10.6 Å². The lowest BCUT2D eigenvalue weighted by molar-refractivity contribution is 0.509. The molecule has 1 aliphatic rings. The molecule has 0 saturated carbocycles. The van der Waals surface area contributed by atoms with E-state index in [1.54, 1.807) is 6.07 Å². The summed E-state index contributed by atoms with van der Waals surface area (Å²) in [5.74, 6) is -1.61. The predicted octanol–water partition coefficient (Wildman–Crippen LogP) is 1.74. The molecule has 76 valence electrons. The van der Waals surface area contributed by atoms with Gasteiger partial charge in [-0.3, -0.25) is 0 Å². The SMILES string of the molecule is Fc1ccc(NC2CCNC2)cc1F. The Bertz CT molecular complexity index is 322. The van der Waals surface area contributed by atoms with Gasteiger partial charge in [-0.05, 0) is 25.1 Å². The minimum Gasteiger partial charge on any atom is -0.381 e. The molecular weight excluding hydrogens is 186 g/mol. The van der Waals surface area contributed by atoms with E-state index in [4.69, 9.17) is 0 Å². The summed E-state index contributed by atoms with van der Waals surface area (Å²) >= 11 is 0. The second-order valence-corrected chi connectivity index (χ2v) is 3.46. The zero-order valence-electron chi connectivity index (χ0n) is 7.69. The minimum atomic E-state index is -0.805. The Labute approximate surface area is 81.3 Å². The van der Waals surface area contributed by atoms with Crippen molar-refractivity contribution in [3.8, 4) is 0 Å². The second kappa shape index (κ2) is 3.92. The van der Waals surface area contributed by atoms with Crippen molar-refractivity contribution in [2.45, 2.75) is 12.5 Å². The Hall–Kier alpha value is -1.16. The van der Waals surface area contributed by atoms with Gasteiger partial charge in [-0.15, -0.1) is 0 Å². The highest BCUT2D eigenvalue weighted by Gasteiger charge is 2.14. The Morgan fingerprint density at radius 2 is 2.14 bits per heavy atom. The third kappa shape index (κ3) is 2.01. The topological polar surface area (TPSA) is 24.1 Å². The van der Waals surface area contributed by atoms with Gasteiger partial charge in [0, 0.05) is 24.3 Å². The lowest BCUT2D eigenvalue weighted by atomic mass is 10.2. The molecule has 1 atom stereocenters. The number of anilines is 1. The van der Waals surface area contributed by atoms with Gasteiger partial charge in [0.2, 0.25) is 0 Å². The summed E-state index contributed by atoms with van der Waals surface area (Å²) < 4.78 is 25.4. The third-order valence-corrected chi connectivity index (χ3v) is 2.35. The van der Waals surface area contributed by atoms with E-state index in [1.807, 2.05) is 0 Å². The molecule has 0 aliphatic carbocycles. The highest BCUT2D eigenvalue weighted by molar-refractivity contribution is 5.44. The molecule has 1 aromatic rings. The Morgan fingerprint density at radius 3 is 2.79 bits per heavy atom. The van der Waals surface area contributed by atoms with Crippen LogP contribution in [0.1, 0.15) is 6.42 Å². The summed E-state index contributed by atoms with van der Waals surface area (Å²) in [7, 11) is 0. The number of benzene rings is 1. The average molecular weight is 198 g/mol. The number of hydrogen-bond acceptors (Lipinski definition) is 2. The fourth-order valence-corrected chi connectivity index (χ4v) is 1.60. The van der Waals surface area contributed by atoms with Gasteiger partial charge >= 0.3 is 0 Å². The van der Waals surface area contributed by atoms with Gasteiger partial charge in [-0.1, -0.05) is 0 Å². The van der Waals surface area contributed by atoms with Gasteiger partial charge in [-0.25, -0.2) is 8.78 Å². The van der Waals surface area contributed by atoms with Gasteiger partial charge in [0.25, 0.3) is 0 Å². The summed E-state index contributed by atoms with van der Waals surface area (Å²) in [6.45, 7) is 1.85. The molecule has 2 rings (SSSR count). The van der Waals surface area contributed by atoms with Crippen molar-refractivity contribution in [3.63, 3.8) is 0 Å². The summed E-state index contributed by atoms with van der Waals surface area (Å²) in [5, 5.41) is 6.33. The van der Waals surface area contributed by atoms with E-state index in [1.165, 1.54) is 6.07 Å². The zero-order chi connectivity index (χ0) is 9.97. The Kier molecular flexibility index (Phi) is 2.63. The van der Waals surface area contributed by atoms with E-state index in [0.29, 0.717) is 11.7 Å². The van der Waals surface area contributed by atoms with Gasteiger partial charge in [0.15, 0.2) is 11.6 Å². The molecular formula is C10H12F2N2. The summed E-state index contributed by atoms with van der Waals surface area (Å²) in [5.41, 5.74) is 0.637. The quantitative estimate of drug-likeness (QED) is 0.756. The van der Waals surface area contributed by atoms with Crippen molar-refractivity contribution in [1.82, 2.24) is 5.32 Å². The van der Waals surface area contributed by atoms with Crippen molar-refractivity contribution in [2.75, 3.05) is 18.4 Å². The molecule has 1 heterocycles. The zero-order valence-corrected chi connectivity index (χ0v) is 7.69. The van der Waals surface area contributed by atoms with E-state index < -0.39 is 11.6 Å². The maximum atomic E-state index is 12.8. The lowest BCUT2D eigenvalue weighted by Gasteiger charge is -2.12. The molecule has 0 aromatic heterocycles. The molecule has 0 bridgehead atoms. The third-order valence-electron chi connectivity index (χ3n) is 2.35. The summed E-state index contributed by atoms with van der Waals surface area (Å²) in [4.78, 5) is 0. The fourth-order valence-electron chi connectivity index (χ4n) is 1.60. The Balaban J connectivity index is 2.05. The molecule has 1 fully saturated rings. The Morgan fingerprint density at radius 1 is 1.29 bits per heavy atom. The van der Waals surface area contributed by atoms with Crippen LogP contribution in [0, 0.1) is 11.6 Å². The van der Waals surface area contributed by atoms with Crippen LogP contribution in [0.15, 0.2) is 18.2 Å². The predicted molar refractivity (Wildman–Crippen MR) is 51.3 cm³/mol. The van der Waals surface area contributed by atoms with Gasteiger partial charge in [-0.2, -0.15) is 0 Å². The van der Waals surface area contributed by atoms with E-state index in [0.717, 1.165) is 25.6 Å². The minimum absolute atomic E-state index is 0.319. The van der Waals surface area contributed by atoms with Crippen LogP contribution < -0.4 is 10.6 Å². The fraction of sp³-hybridized carbons (Fsp3) is 0.400. The second-order valence-electron chi connectivity index (χ2n) is 3.46. The van der Waals surface area contributed by atoms with Crippen molar-refractivity contribution < 1.29 is 8.78 Å². The standard InChI is InChI=1S/C10H12F2N2/c11-9-2-1-7(5-10(9)12)14-8-3-4-13-6-8/h1-2,5,8,13-14H,3-4,6H2. The highest BCUT2D eigenvalue weighted by Crippen LogP contribution is 2.15. The van der Waals surface area contributed by atoms with Gasteiger partial charge < -0.3 is 10.6 Å². The van der Waals surface area contributed by atoms with Crippen molar-refractivity contribution in [1.29, 1.82) is 0 Å². The molecule has 4 heteroatoms. The van der Waals surface area contributed by atoms with E-state index >= 15 is 0 Å². The first-order valence-corrected chi connectivity index (χ1v) is 4.68. The molecule has 0 amide bonds. The molecule has 14 heavy (non-hydrogen) atoms. The van der Waals surface area contributed by atoms with Crippen LogP contribution in [0.25, 0.3) is 0 Å². The monoisotopic (exact) mass is 198 g/mol. The summed E-state index contributed by atoms with van der Waals surface area (Å²) in [6.07, 6.45) is 1.01. The van der Waals surface area contributed by atoms with Crippen molar-refractivity contribution in [3.05, 3.63) is 29.8 Å². The number of nitrogens with one attached hydrogen (secondary N) is 2. The van der Waals surface area contributed by atoms with Crippen LogP contribution in [0.3, 0.4) is 0 Å². The van der Waals surface area contributed by atoms with Crippen LogP contribution in [-0.2, 0) is 0 Å². The lowest BCUT2D eigenvalue weighted by Crippen LogP contribution is -2.22. The first-order valence-electron chi connectivity index (χ1n) is 4.68. The molecule has 1 aromatic carbocycles. The van der Waals surface area contributed by atoms with Crippen LogP contribution in [-0.4, -0.2) is 19.1 Å². The summed E-state index contributed by atoms with van der Waals surface area (Å²) in [6, 6.07) is 4.20. The average Bonchev–Trinajstić information content (AvgIpc) is 2.64. The molecule has 2 N–H and O–H groups in total. The maximum absolute atomic E-state index is 12.8. The van der Waals surface area contributed by atoms with Gasteiger partial charge in [0.05, 0.1) is 0 Å². The molecule has 1 aliphatic heterocycles. The normalized spacial score (nSPS) is 21.1. The van der Waals surface area contributed by atoms with E-state index in [9.17, 15) is 8.78 Å². The smallest absolute Gasteiger partial charge is 0.160 e. The molecule has 1 saturated heterocycles. The molecule has 0 radical (unpaired) electrons. The van der Waals surface area contributed by atoms with Crippen LogP contribution in [0.2, 0.25) is 0 Å². The molecule has 1 unspecified atom stereocenters. The van der Waals surface area contributed by atoms with Crippen LogP contribution in [0.4, 0.5) is 14.5 Å². The molecule has 0 spiro atoms. The first kappa shape index (κ1) is 9.40. The van der Waals surface area contributed by atoms with Crippen molar-refractivity contribution in [2.24, 2.45) is 0 Å². The maximum Gasteiger partial charge on any atom is 0.160 e. The molecule has 2 nitrogen and oxygen atoms in total. The number of rotatable bonds is 2. The van der Waals surface area contributed by atoms with Crippen LogP contribution >= 0.6 is 0 Å². The largest absolute Gasteiger partial charge is 0.381 e. The first-order chi connectivity index (χ1) is 6.75. The van der Waals surface area contributed by atoms with E-state index in [-0.39, 0.29) is 0 Å². The van der Waals surface area contributed by atoms with Crippen LogP contribution in [0.5, 0.6) is 0 Å².